The number of nitrogens with one attached hydrogen (secondary N) is 2. The van der Waals surface area contributed by atoms with Gasteiger partial charge in [-0.3, -0.25) is 4.68 Å². The molecule has 1 unspecified atom stereocenters. The molecule has 8 heteroatoms. The van der Waals surface area contributed by atoms with Crippen LogP contribution < -0.4 is 10.6 Å². The van der Waals surface area contributed by atoms with Crippen LogP contribution in [0.1, 0.15) is 24.6 Å². The minimum Gasteiger partial charge on any atom is -0.459 e. The Morgan fingerprint density at radius 3 is 3.00 bits per heavy atom. The summed E-state index contributed by atoms with van der Waals surface area (Å²) in [6, 6.07) is 6.78. The van der Waals surface area contributed by atoms with E-state index in [9.17, 15) is 4.79 Å². The number of amides is 2. The summed E-state index contributed by atoms with van der Waals surface area (Å²) in [6.45, 7) is 2.34. The van der Waals surface area contributed by atoms with E-state index >= 15 is 0 Å². The summed E-state index contributed by atoms with van der Waals surface area (Å²) >= 11 is 5.97. The molecule has 3 rings (SSSR count). The van der Waals surface area contributed by atoms with E-state index in [4.69, 9.17) is 16.0 Å². The van der Waals surface area contributed by atoms with Gasteiger partial charge in [0.15, 0.2) is 0 Å². The Morgan fingerprint density at radius 2 is 2.25 bits per heavy atom. The van der Waals surface area contributed by atoms with Crippen LogP contribution in [-0.4, -0.2) is 27.3 Å². The number of furan rings is 1. The van der Waals surface area contributed by atoms with Crippen LogP contribution in [0.4, 0.5) is 4.79 Å². The number of carbonyl (C=O) groups is 1. The van der Waals surface area contributed by atoms with Crippen LogP contribution in [0.3, 0.4) is 0 Å². The number of aryl methyl sites for hydroxylation is 1. The van der Waals surface area contributed by atoms with Crippen LogP contribution in [0.15, 0.2) is 35.0 Å². The second-order valence-electron chi connectivity index (χ2n) is 5.50. The number of hydrogen-bond donors (Lipinski definition) is 2. The van der Waals surface area contributed by atoms with E-state index in [0.717, 1.165) is 16.8 Å². The number of nitrogens with zero attached hydrogens (tertiary/aromatic N) is 3. The van der Waals surface area contributed by atoms with E-state index in [1.54, 1.807) is 10.7 Å². The Labute approximate surface area is 144 Å². The minimum atomic E-state index is -0.261. The van der Waals surface area contributed by atoms with E-state index in [1.807, 2.05) is 32.2 Å². The summed E-state index contributed by atoms with van der Waals surface area (Å²) in [4.78, 5) is 16.1. The fourth-order valence-corrected chi connectivity index (χ4v) is 2.58. The molecular formula is C16H18ClN5O2. The van der Waals surface area contributed by atoms with E-state index in [2.05, 4.69) is 20.7 Å². The molecule has 2 aromatic heterocycles. The third-order valence-corrected chi connectivity index (χ3v) is 3.95. The Hall–Kier alpha value is -2.54. The summed E-state index contributed by atoms with van der Waals surface area (Å²) in [6.07, 6.45) is 2.10. The molecule has 3 aromatic rings. The second kappa shape index (κ2) is 6.92. The van der Waals surface area contributed by atoms with Crippen molar-refractivity contribution in [2.45, 2.75) is 19.4 Å². The lowest BCUT2D eigenvalue weighted by Crippen LogP contribution is -2.38. The molecule has 1 atom stereocenters. The zero-order valence-electron chi connectivity index (χ0n) is 13.4. The molecule has 0 aliphatic rings. The van der Waals surface area contributed by atoms with E-state index in [0.29, 0.717) is 23.7 Å². The van der Waals surface area contributed by atoms with Crippen molar-refractivity contribution in [2.24, 2.45) is 7.05 Å². The van der Waals surface area contributed by atoms with Gasteiger partial charge < -0.3 is 15.1 Å². The highest BCUT2D eigenvalue weighted by molar-refractivity contribution is 6.31. The predicted molar refractivity (Wildman–Crippen MR) is 90.9 cm³/mol. The van der Waals surface area contributed by atoms with Gasteiger partial charge in [-0.2, -0.15) is 5.10 Å². The first-order chi connectivity index (χ1) is 11.5. The van der Waals surface area contributed by atoms with Gasteiger partial charge in [0.25, 0.3) is 0 Å². The van der Waals surface area contributed by atoms with Crippen LogP contribution in [0.25, 0.3) is 11.0 Å². The highest BCUT2D eigenvalue weighted by atomic mass is 35.5. The molecule has 2 N–H and O–H groups in total. The maximum Gasteiger partial charge on any atom is 0.315 e. The van der Waals surface area contributed by atoms with Crippen molar-refractivity contribution in [1.29, 1.82) is 0 Å². The van der Waals surface area contributed by atoms with Gasteiger partial charge in [0, 0.05) is 30.4 Å². The molecular weight excluding hydrogens is 330 g/mol. The van der Waals surface area contributed by atoms with Crippen molar-refractivity contribution in [3.05, 3.63) is 47.2 Å². The van der Waals surface area contributed by atoms with Crippen LogP contribution in [0, 0.1) is 0 Å². The first-order valence-corrected chi connectivity index (χ1v) is 7.97. The Balaban J connectivity index is 1.54. The average Bonchev–Trinajstić information content (AvgIpc) is 3.13. The lowest BCUT2D eigenvalue weighted by atomic mass is 10.2. The number of rotatable bonds is 5. The molecule has 24 heavy (non-hydrogen) atoms. The number of fused-ring (bicyclic) bond motifs is 1. The molecule has 0 spiro atoms. The van der Waals surface area contributed by atoms with E-state index in [1.165, 1.54) is 6.33 Å². The van der Waals surface area contributed by atoms with Crippen molar-refractivity contribution >= 4 is 28.6 Å². The van der Waals surface area contributed by atoms with Gasteiger partial charge in [0.2, 0.25) is 0 Å². The third-order valence-electron chi connectivity index (χ3n) is 3.71. The number of aromatic nitrogens is 3. The van der Waals surface area contributed by atoms with Gasteiger partial charge in [0.05, 0.1) is 6.04 Å². The number of urea groups is 1. The smallest absolute Gasteiger partial charge is 0.315 e. The van der Waals surface area contributed by atoms with Gasteiger partial charge in [-0.25, -0.2) is 9.78 Å². The topological polar surface area (TPSA) is 85.0 Å². The molecule has 0 radical (unpaired) electrons. The lowest BCUT2D eigenvalue weighted by Gasteiger charge is -2.12. The van der Waals surface area contributed by atoms with Crippen molar-refractivity contribution in [1.82, 2.24) is 25.4 Å². The van der Waals surface area contributed by atoms with Crippen LogP contribution in [-0.2, 0) is 13.5 Å². The Morgan fingerprint density at radius 1 is 1.42 bits per heavy atom. The summed E-state index contributed by atoms with van der Waals surface area (Å²) in [5.74, 6) is 1.49. The van der Waals surface area contributed by atoms with E-state index < -0.39 is 0 Å². The highest BCUT2D eigenvalue weighted by Gasteiger charge is 2.14. The normalized spacial score (nSPS) is 12.3. The SMILES string of the molecule is CC(NC(=O)NCCc1ncnn1C)c1cc2cc(Cl)ccc2o1. The molecule has 126 valence electrons. The quantitative estimate of drug-likeness (QED) is 0.743. The lowest BCUT2D eigenvalue weighted by molar-refractivity contribution is 0.236. The number of hydrogen-bond acceptors (Lipinski definition) is 4. The van der Waals surface area contributed by atoms with Crippen molar-refractivity contribution in [2.75, 3.05) is 6.54 Å². The molecule has 7 nitrogen and oxygen atoms in total. The molecule has 0 fully saturated rings. The van der Waals surface area contributed by atoms with Gasteiger partial charge in [0.1, 0.15) is 23.5 Å². The molecule has 0 aliphatic heterocycles. The van der Waals surface area contributed by atoms with Gasteiger partial charge in [-0.1, -0.05) is 11.6 Å². The fourth-order valence-electron chi connectivity index (χ4n) is 2.40. The average molecular weight is 348 g/mol. The molecule has 0 saturated carbocycles. The fraction of sp³-hybridized carbons (Fsp3) is 0.312. The highest BCUT2D eigenvalue weighted by Crippen LogP contribution is 2.26. The summed E-state index contributed by atoms with van der Waals surface area (Å²) in [5, 5.41) is 11.2. The van der Waals surface area contributed by atoms with Gasteiger partial charge in [-0.05, 0) is 31.2 Å². The Kier molecular flexibility index (Phi) is 4.71. The first-order valence-electron chi connectivity index (χ1n) is 7.59. The Bertz CT molecular complexity index is 857. The monoisotopic (exact) mass is 347 g/mol. The zero-order chi connectivity index (χ0) is 17.1. The summed E-state index contributed by atoms with van der Waals surface area (Å²) in [5.41, 5.74) is 0.741. The van der Waals surface area contributed by atoms with Crippen molar-refractivity contribution in [3.63, 3.8) is 0 Å². The molecule has 2 heterocycles. The summed E-state index contributed by atoms with van der Waals surface area (Å²) < 4.78 is 7.42. The maximum absolute atomic E-state index is 12.0. The van der Waals surface area contributed by atoms with Crippen LogP contribution in [0.2, 0.25) is 5.02 Å². The number of carbonyl (C=O) groups excluding carboxylic acids is 1. The molecule has 0 bridgehead atoms. The maximum atomic E-state index is 12.0. The molecule has 0 saturated heterocycles. The molecule has 2 amide bonds. The summed E-state index contributed by atoms with van der Waals surface area (Å²) in [7, 11) is 1.82. The molecule has 0 aliphatic carbocycles. The van der Waals surface area contributed by atoms with Crippen molar-refractivity contribution in [3.8, 4) is 0 Å². The molecule has 1 aromatic carbocycles. The minimum absolute atomic E-state index is 0.258. The predicted octanol–water partition coefficient (Wildman–Crippen LogP) is 2.82. The number of halogens is 1. The standard InChI is InChI=1S/C16H18ClN5O2/c1-10(14-8-11-7-12(17)3-4-13(11)24-14)21-16(23)18-6-5-15-19-9-20-22(15)2/h3-4,7-10H,5-6H2,1-2H3,(H2,18,21,23). The largest absolute Gasteiger partial charge is 0.459 e. The first kappa shape index (κ1) is 16.3. The van der Waals surface area contributed by atoms with Crippen molar-refractivity contribution < 1.29 is 9.21 Å². The van der Waals surface area contributed by atoms with Crippen LogP contribution >= 0.6 is 11.6 Å². The third kappa shape index (κ3) is 3.68. The van der Waals surface area contributed by atoms with Crippen LogP contribution in [0.5, 0.6) is 0 Å². The number of benzene rings is 1. The second-order valence-corrected chi connectivity index (χ2v) is 5.94. The van der Waals surface area contributed by atoms with E-state index in [-0.39, 0.29) is 12.1 Å². The zero-order valence-corrected chi connectivity index (χ0v) is 14.2. The van der Waals surface area contributed by atoms with Gasteiger partial charge in [-0.15, -0.1) is 0 Å². The van der Waals surface area contributed by atoms with Gasteiger partial charge >= 0.3 is 6.03 Å².